The van der Waals surface area contributed by atoms with Gasteiger partial charge in [0.05, 0.1) is 0 Å². The third kappa shape index (κ3) is 4.40. The van der Waals surface area contributed by atoms with E-state index in [9.17, 15) is 27.9 Å². The summed E-state index contributed by atoms with van der Waals surface area (Å²) in [6.07, 6.45) is 2.30. The van der Waals surface area contributed by atoms with Gasteiger partial charge in [0, 0.05) is 55.5 Å². The number of carbonyl (C=O) groups excluding carboxylic acids is 2. The monoisotopic (exact) mass is 443 g/mol. The standard InChI is InChI=1S/C20H21ClF3N3O3/c1-2-26-5-3-4-17(21)27-10-11(6-16(28)18(27)20(26)30)19(29)25-9-13-14(23)7-12(22)8-15(13)24/h7-8,10,17,28H,2-6,9H2,1H3,(H,25,29)/t17-/m1/s1. The highest BCUT2D eigenvalue weighted by Gasteiger charge is 2.35. The molecule has 0 aliphatic carbocycles. The first kappa shape index (κ1) is 22.0. The number of rotatable bonds is 4. The van der Waals surface area contributed by atoms with E-state index in [1.54, 1.807) is 4.90 Å². The van der Waals surface area contributed by atoms with Crippen molar-refractivity contribution < 1.29 is 27.9 Å². The Balaban J connectivity index is 1.80. The maximum atomic E-state index is 13.8. The Bertz CT molecular complexity index is 912. The minimum Gasteiger partial charge on any atom is -0.510 e. The molecule has 0 aromatic heterocycles. The highest BCUT2D eigenvalue weighted by atomic mass is 35.5. The summed E-state index contributed by atoms with van der Waals surface area (Å²) >= 11 is 6.39. The first-order valence-corrected chi connectivity index (χ1v) is 9.92. The lowest BCUT2D eigenvalue weighted by Crippen LogP contribution is -2.44. The minimum absolute atomic E-state index is 0.0173. The Kier molecular flexibility index (Phi) is 6.60. The van der Waals surface area contributed by atoms with E-state index in [1.165, 1.54) is 11.1 Å². The van der Waals surface area contributed by atoms with Crippen molar-refractivity contribution >= 4 is 23.4 Å². The lowest BCUT2D eigenvalue weighted by atomic mass is 10.0. The van der Waals surface area contributed by atoms with Crippen LogP contribution in [0.25, 0.3) is 0 Å². The minimum atomic E-state index is -1.12. The Morgan fingerprint density at radius 1 is 1.30 bits per heavy atom. The Labute approximate surface area is 176 Å². The van der Waals surface area contributed by atoms with E-state index in [-0.39, 0.29) is 29.4 Å². The van der Waals surface area contributed by atoms with Gasteiger partial charge in [0.15, 0.2) is 0 Å². The van der Waals surface area contributed by atoms with Crippen molar-refractivity contribution in [2.45, 2.75) is 38.2 Å². The zero-order valence-electron chi connectivity index (χ0n) is 16.2. The molecule has 0 spiro atoms. The van der Waals surface area contributed by atoms with Crippen LogP contribution in [-0.4, -0.2) is 45.3 Å². The van der Waals surface area contributed by atoms with Crippen LogP contribution in [0.1, 0.15) is 31.7 Å². The number of nitrogens with one attached hydrogen (secondary N) is 1. The number of carbonyl (C=O) groups is 2. The molecule has 0 radical (unpaired) electrons. The van der Waals surface area contributed by atoms with E-state index < -0.39 is 41.0 Å². The number of nitrogens with zero attached hydrogens (tertiary/aromatic N) is 2. The molecule has 1 fully saturated rings. The van der Waals surface area contributed by atoms with Crippen LogP contribution in [0.2, 0.25) is 0 Å². The fourth-order valence-corrected chi connectivity index (χ4v) is 3.76. The molecule has 0 unspecified atom stereocenters. The third-order valence-electron chi connectivity index (χ3n) is 5.05. The molecule has 1 aromatic carbocycles. The molecule has 30 heavy (non-hydrogen) atoms. The molecule has 0 bridgehead atoms. The van der Waals surface area contributed by atoms with Gasteiger partial charge >= 0.3 is 0 Å². The summed E-state index contributed by atoms with van der Waals surface area (Å²) in [6, 6.07) is 1.05. The second-order valence-electron chi connectivity index (χ2n) is 7.03. The van der Waals surface area contributed by atoms with Crippen molar-refractivity contribution in [2.24, 2.45) is 0 Å². The molecule has 2 heterocycles. The predicted molar refractivity (Wildman–Crippen MR) is 103 cm³/mol. The smallest absolute Gasteiger partial charge is 0.274 e. The Hall–Kier alpha value is -2.68. The van der Waals surface area contributed by atoms with Crippen LogP contribution in [0.15, 0.2) is 35.4 Å². The molecule has 0 saturated carbocycles. The number of aliphatic hydroxyl groups is 1. The van der Waals surface area contributed by atoms with Crippen molar-refractivity contribution in [3.63, 3.8) is 0 Å². The average molecular weight is 444 g/mol. The van der Waals surface area contributed by atoms with E-state index in [0.29, 0.717) is 38.1 Å². The summed E-state index contributed by atoms with van der Waals surface area (Å²) in [6.45, 7) is 2.28. The molecule has 2 amide bonds. The van der Waals surface area contributed by atoms with E-state index in [0.717, 1.165) is 0 Å². The Morgan fingerprint density at radius 2 is 1.97 bits per heavy atom. The number of likely N-dealkylation sites (N-methyl/N-ethyl adjacent to an activating group) is 1. The molecule has 2 N–H and O–H groups in total. The largest absolute Gasteiger partial charge is 0.510 e. The first-order valence-electron chi connectivity index (χ1n) is 9.49. The van der Waals surface area contributed by atoms with Gasteiger partial charge in [-0.05, 0) is 19.8 Å². The van der Waals surface area contributed by atoms with Gasteiger partial charge in [-0.3, -0.25) is 9.59 Å². The maximum Gasteiger partial charge on any atom is 0.274 e. The summed E-state index contributed by atoms with van der Waals surface area (Å²) in [4.78, 5) is 28.3. The summed E-state index contributed by atoms with van der Waals surface area (Å²) < 4.78 is 40.6. The van der Waals surface area contributed by atoms with Crippen molar-refractivity contribution in [1.29, 1.82) is 0 Å². The van der Waals surface area contributed by atoms with Crippen LogP contribution in [-0.2, 0) is 16.1 Å². The topological polar surface area (TPSA) is 72.9 Å². The van der Waals surface area contributed by atoms with Crippen LogP contribution in [0.3, 0.4) is 0 Å². The van der Waals surface area contributed by atoms with Crippen molar-refractivity contribution in [1.82, 2.24) is 15.1 Å². The molecule has 1 aromatic rings. The van der Waals surface area contributed by atoms with Gasteiger partial charge < -0.3 is 20.2 Å². The number of amides is 2. The lowest BCUT2D eigenvalue weighted by molar-refractivity contribution is -0.129. The van der Waals surface area contributed by atoms with Crippen molar-refractivity contribution in [3.05, 3.63) is 58.4 Å². The van der Waals surface area contributed by atoms with Crippen LogP contribution < -0.4 is 5.32 Å². The summed E-state index contributed by atoms with van der Waals surface area (Å²) in [5.41, 5.74) is -1.05. The fraction of sp³-hybridized carbons (Fsp3) is 0.400. The Morgan fingerprint density at radius 3 is 2.60 bits per heavy atom. The van der Waals surface area contributed by atoms with Gasteiger partial charge in [-0.1, -0.05) is 11.6 Å². The van der Waals surface area contributed by atoms with Gasteiger partial charge in [-0.2, -0.15) is 0 Å². The van der Waals surface area contributed by atoms with Gasteiger partial charge in [0.1, 0.15) is 34.4 Å². The number of benzene rings is 1. The van der Waals surface area contributed by atoms with Crippen LogP contribution >= 0.6 is 11.6 Å². The highest BCUT2D eigenvalue weighted by molar-refractivity contribution is 6.21. The van der Waals surface area contributed by atoms with Crippen molar-refractivity contribution in [3.8, 4) is 0 Å². The predicted octanol–water partition coefficient (Wildman–Crippen LogP) is 3.29. The zero-order chi connectivity index (χ0) is 22.0. The normalized spacial score (nSPS) is 19.8. The number of hydrogen-bond acceptors (Lipinski definition) is 4. The van der Waals surface area contributed by atoms with E-state index in [2.05, 4.69) is 5.32 Å². The number of aliphatic hydroxyl groups excluding tert-OH is 1. The molecule has 1 saturated heterocycles. The van der Waals surface area contributed by atoms with E-state index in [1.807, 2.05) is 6.92 Å². The van der Waals surface area contributed by atoms with Crippen molar-refractivity contribution in [2.75, 3.05) is 13.1 Å². The zero-order valence-corrected chi connectivity index (χ0v) is 17.0. The van der Waals surface area contributed by atoms with E-state index in [4.69, 9.17) is 11.6 Å². The molecule has 3 rings (SSSR count). The highest BCUT2D eigenvalue weighted by Crippen LogP contribution is 2.31. The van der Waals surface area contributed by atoms with E-state index >= 15 is 0 Å². The number of alkyl halides is 1. The van der Waals surface area contributed by atoms with Gasteiger partial charge in [0.2, 0.25) is 5.91 Å². The van der Waals surface area contributed by atoms with Crippen LogP contribution in [0, 0.1) is 17.5 Å². The second kappa shape index (κ2) is 8.99. The summed E-state index contributed by atoms with van der Waals surface area (Å²) in [7, 11) is 0. The molecule has 2 aliphatic rings. The van der Waals surface area contributed by atoms with Gasteiger partial charge in [-0.25, -0.2) is 13.2 Å². The van der Waals surface area contributed by atoms with Crippen LogP contribution in [0.4, 0.5) is 13.2 Å². The quantitative estimate of drug-likeness (QED) is 0.553. The second-order valence-corrected chi connectivity index (χ2v) is 7.53. The summed E-state index contributed by atoms with van der Waals surface area (Å²) in [5, 5.41) is 12.8. The molecule has 10 heteroatoms. The molecule has 162 valence electrons. The average Bonchev–Trinajstić information content (AvgIpc) is 2.68. The van der Waals surface area contributed by atoms with Crippen LogP contribution in [0.5, 0.6) is 0 Å². The third-order valence-corrected chi connectivity index (χ3v) is 5.48. The number of halogens is 4. The molecule has 6 nitrogen and oxygen atoms in total. The molecule has 2 aliphatic heterocycles. The maximum absolute atomic E-state index is 13.8. The number of hydrogen-bond donors (Lipinski definition) is 2. The SMILES string of the molecule is CCN1CCC[C@H](Cl)N2C=C(C(=O)NCc3c(F)cc(F)cc3F)CC(O)=C2C1=O. The van der Waals surface area contributed by atoms with Gasteiger partial charge in [-0.15, -0.1) is 0 Å². The fourth-order valence-electron chi connectivity index (χ4n) is 3.45. The van der Waals surface area contributed by atoms with Gasteiger partial charge in [0.25, 0.3) is 5.91 Å². The summed E-state index contributed by atoms with van der Waals surface area (Å²) in [5.74, 6) is -4.69. The first-order chi connectivity index (χ1) is 14.2. The molecule has 1 atom stereocenters. The molecular formula is C20H21ClF3N3O3. The molecular weight excluding hydrogens is 423 g/mol. The lowest BCUT2D eigenvalue weighted by Gasteiger charge is -2.37. The number of allylic oxidation sites excluding steroid dienone is 1. The number of fused-ring (bicyclic) bond motifs is 1.